The largest absolute Gasteiger partial charge is 0.403 e. The lowest BCUT2D eigenvalue weighted by atomic mass is 9.98. The molecule has 0 amide bonds. The van der Waals surface area contributed by atoms with Gasteiger partial charge in [0.25, 0.3) is 0 Å². The molecule has 5 N–H and O–H groups in total. The number of benzene rings is 1. The number of halogens is 3. The highest BCUT2D eigenvalue weighted by Gasteiger charge is 2.24. The molecule has 0 spiro atoms. The third-order valence-corrected chi connectivity index (χ3v) is 5.60. The maximum Gasteiger partial charge on any atom is 0.213 e. The first kappa shape index (κ1) is 19.1. The van der Waals surface area contributed by atoms with Crippen LogP contribution in [0.25, 0.3) is 27.3 Å². The quantitative estimate of drug-likeness (QED) is 0.328. The smallest absolute Gasteiger partial charge is 0.213 e. The minimum Gasteiger partial charge on any atom is -0.403 e. The lowest BCUT2D eigenvalue weighted by Crippen LogP contribution is -2.20. The van der Waals surface area contributed by atoms with E-state index >= 15 is 0 Å². The highest BCUT2D eigenvalue weighted by molar-refractivity contribution is 7.17. The number of hydrogen-bond acceptors (Lipinski definition) is 6. The maximum atomic E-state index is 13.6. The second kappa shape index (κ2) is 7.94. The lowest BCUT2D eigenvalue weighted by Gasteiger charge is -2.10. The van der Waals surface area contributed by atoms with Gasteiger partial charge >= 0.3 is 0 Å². The Morgan fingerprint density at radius 3 is 2.67 bits per heavy atom. The first-order valence-electron chi connectivity index (χ1n) is 7.53. The van der Waals surface area contributed by atoms with Gasteiger partial charge in [-0.05, 0) is 23.8 Å². The van der Waals surface area contributed by atoms with Crippen LogP contribution in [0, 0.1) is 17.3 Å². The summed E-state index contributed by atoms with van der Waals surface area (Å²) in [5.41, 5.74) is 10.5. The first-order valence-corrected chi connectivity index (χ1v) is 9.10. The predicted octanol–water partition coefficient (Wildman–Crippen LogP) is 4.52. The van der Waals surface area contributed by atoms with Crippen LogP contribution in [0.2, 0.25) is 10.0 Å². The molecule has 0 aliphatic heterocycles. The Kier molecular flexibility index (Phi) is 5.63. The molecule has 3 aromatic rings. The number of thiophene rings is 1. The van der Waals surface area contributed by atoms with E-state index in [2.05, 4.69) is 16.5 Å². The average molecular weight is 420 g/mol. The number of nitrogens with zero attached hydrogens (tertiary/aromatic N) is 2. The van der Waals surface area contributed by atoms with Gasteiger partial charge in [-0.3, -0.25) is 5.84 Å². The Labute approximate surface area is 168 Å². The minimum absolute atomic E-state index is 0.319. The molecule has 0 bridgehead atoms. The van der Waals surface area contributed by atoms with E-state index < -0.39 is 5.95 Å². The molecule has 136 valence electrons. The molecule has 0 atom stereocenters. The summed E-state index contributed by atoms with van der Waals surface area (Å²) in [4.78, 5) is 4.69. The molecular formula is C18H12Cl2FN5S. The van der Waals surface area contributed by atoms with E-state index in [1.54, 1.807) is 24.3 Å². The van der Waals surface area contributed by atoms with Crippen LogP contribution in [0.5, 0.6) is 0 Å². The maximum absolute atomic E-state index is 13.6. The Bertz CT molecular complexity index is 1090. The average Bonchev–Trinajstić information content (AvgIpc) is 3.02. The third kappa shape index (κ3) is 3.61. The lowest BCUT2D eigenvalue weighted by molar-refractivity contribution is 0.584. The summed E-state index contributed by atoms with van der Waals surface area (Å²) in [7, 11) is 0. The molecule has 0 unspecified atom stereocenters. The molecule has 0 radical (unpaired) electrons. The monoisotopic (exact) mass is 419 g/mol. The molecule has 3 rings (SSSR count). The van der Waals surface area contributed by atoms with E-state index in [9.17, 15) is 9.65 Å². The summed E-state index contributed by atoms with van der Waals surface area (Å²) in [6.45, 7) is 0. The van der Waals surface area contributed by atoms with E-state index in [0.717, 1.165) is 0 Å². The van der Waals surface area contributed by atoms with Crippen LogP contribution in [0.3, 0.4) is 0 Å². The van der Waals surface area contributed by atoms with E-state index in [4.69, 9.17) is 34.8 Å². The van der Waals surface area contributed by atoms with E-state index in [1.165, 1.54) is 29.8 Å². The zero-order chi connectivity index (χ0) is 19.6. The van der Waals surface area contributed by atoms with Crippen molar-refractivity contribution >= 4 is 40.2 Å². The SMILES string of the molecule is N#Cc1c(-c2ccnc(F)c2)sc(/C(=C/N)NN)c1-c1ccc(Cl)cc1Cl. The summed E-state index contributed by atoms with van der Waals surface area (Å²) in [6, 6.07) is 10.0. The Morgan fingerprint density at radius 1 is 1.30 bits per heavy atom. The predicted molar refractivity (Wildman–Crippen MR) is 107 cm³/mol. The second-order valence-corrected chi connectivity index (χ2v) is 7.20. The van der Waals surface area contributed by atoms with E-state index in [1.807, 2.05) is 0 Å². The molecule has 5 nitrogen and oxygen atoms in total. The highest BCUT2D eigenvalue weighted by Crippen LogP contribution is 2.46. The van der Waals surface area contributed by atoms with Gasteiger partial charge in [-0.15, -0.1) is 11.3 Å². The first-order chi connectivity index (χ1) is 13.0. The fourth-order valence-corrected chi connectivity index (χ4v) is 4.37. The minimum atomic E-state index is -0.649. The number of nitriles is 1. The van der Waals surface area contributed by atoms with Crippen molar-refractivity contribution in [3.8, 4) is 27.6 Å². The summed E-state index contributed by atoms with van der Waals surface area (Å²) < 4.78 is 13.6. The summed E-state index contributed by atoms with van der Waals surface area (Å²) in [5, 5.41) is 10.7. The molecule has 0 aliphatic carbocycles. The van der Waals surface area contributed by atoms with Crippen LogP contribution < -0.4 is 17.0 Å². The molecule has 27 heavy (non-hydrogen) atoms. The number of hydrogen-bond donors (Lipinski definition) is 3. The van der Waals surface area contributed by atoms with Gasteiger partial charge in [0.05, 0.1) is 21.0 Å². The Hall–Kier alpha value is -2.63. The third-order valence-electron chi connectivity index (χ3n) is 3.78. The van der Waals surface area contributed by atoms with Crippen LogP contribution in [-0.2, 0) is 0 Å². The molecule has 0 saturated carbocycles. The van der Waals surface area contributed by atoms with Crippen molar-refractivity contribution in [2.45, 2.75) is 0 Å². The summed E-state index contributed by atoms with van der Waals surface area (Å²) in [6.07, 6.45) is 2.62. The van der Waals surface area contributed by atoms with Crippen molar-refractivity contribution < 1.29 is 4.39 Å². The number of rotatable bonds is 4. The van der Waals surface area contributed by atoms with Crippen molar-refractivity contribution in [1.82, 2.24) is 10.4 Å². The number of nitrogens with two attached hydrogens (primary N) is 2. The van der Waals surface area contributed by atoms with Crippen LogP contribution >= 0.6 is 34.5 Å². The normalized spacial score (nSPS) is 11.3. The molecular weight excluding hydrogens is 408 g/mol. The Morgan fingerprint density at radius 2 is 2.07 bits per heavy atom. The van der Waals surface area contributed by atoms with Crippen molar-refractivity contribution in [3.05, 3.63) is 69.2 Å². The van der Waals surface area contributed by atoms with Gasteiger partial charge in [-0.1, -0.05) is 29.3 Å². The number of nitrogens with one attached hydrogen (secondary N) is 1. The van der Waals surface area contributed by atoms with E-state index in [-0.39, 0.29) is 0 Å². The fourth-order valence-electron chi connectivity index (χ4n) is 2.61. The number of pyridine rings is 1. The van der Waals surface area contributed by atoms with Crippen molar-refractivity contribution in [2.75, 3.05) is 0 Å². The Balaban J connectivity index is 2.38. The van der Waals surface area contributed by atoms with Crippen LogP contribution in [-0.4, -0.2) is 4.98 Å². The molecule has 1 aromatic carbocycles. The van der Waals surface area contributed by atoms with Crippen LogP contribution in [0.4, 0.5) is 4.39 Å². The van der Waals surface area contributed by atoms with Crippen molar-refractivity contribution in [1.29, 1.82) is 5.26 Å². The van der Waals surface area contributed by atoms with Gasteiger partial charge in [0.2, 0.25) is 5.95 Å². The molecule has 2 heterocycles. The molecule has 9 heteroatoms. The molecule has 0 saturated heterocycles. The van der Waals surface area contributed by atoms with Gasteiger partial charge in [0, 0.05) is 39.6 Å². The number of hydrazine groups is 1. The molecule has 0 fully saturated rings. The van der Waals surface area contributed by atoms with E-state index in [0.29, 0.717) is 47.8 Å². The second-order valence-electron chi connectivity index (χ2n) is 5.34. The summed E-state index contributed by atoms with van der Waals surface area (Å²) >= 11 is 13.6. The molecule has 0 aliphatic rings. The van der Waals surface area contributed by atoms with Crippen LogP contribution in [0.15, 0.2) is 42.7 Å². The van der Waals surface area contributed by atoms with Crippen molar-refractivity contribution in [2.24, 2.45) is 11.6 Å². The van der Waals surface area contributed by atoms with Gasteiger partial charge in [-0.25, -0.2) is 4.98 Å². The van der Waals surface area contributed by atoms with Gasteiger partial charge < -0.3 is 11.2 Å². The van der Waals surface area contributed by atoms with Gasteiger partial charge in [0.1, 0.15) is 6.07 Å². The zero-order valence-electron chi connectivity index (χ0n) is 13.6. The van der Waals surface area contributed by atoms with Gasteiger partial charge in [0.15, 0.2) is 0 Å². The summed E-state index contributed by atoms with van der Waals surface area (Å²) in [5.74, 6) is 4.94. The fraction of sp³-hybridized carbons (Fsp3) is 0. The topological polar surface area (TPSA) is 101 Å². The standard InChI is InChI=1S/C18H12Cl2FN5S/c19-10-1-2-11(13(20)6-10)16-12(7-22)17(9-3-4-25-15(21)5-9)27-18(16)14(8-23)26-24/h1-6,8,26H,23-24H2/b14-8-. The van der Waals surface area contributed by atoms with Gasteiger partial charge in [-0.2, -0.15) is 9.65 Å². The van der Waals surface area contributed by atoms with Crippen molar-refractivity contribution in [3.63, 3.8) is 0 Å². The van der Waals surface area contributed by atoms with Crippen LogP contribution in [0.1, 0.15) is 10.4 Å². The number of aromatic nitrogens is 1. The highest BCUT2D eigenvalue weighted by atomic mass is 35.5. The zero-order valence-corrected chi connectivity index (χ0v) is 16.0. The molecule has 2 aromatic heterocycles.